The first-order chi connectivity index (χ1) is 17.0. The first kappa shape index (κ1) is 24.2. The van der Waals surface area contributed by atoms with Crippen LogP contribution in [0, 0.1) is 11.8 Å². The molecule has 0 bridgehead atoms. The Balaban J connectivity index is 1.33. The summed E-state index contributed by atoms with van der Waals surface area (Å²) in [6.45, 7) is 3.94. The standard InChI is InChI=1S/C27H30Cl2N4O2/c1-18(13-23-9-4-12-35-23)5-2-8-21-17-33(25-11-10-22(28)14-24(25)29)30-26(21)27(34)31-32-15-19-6-3-7-20(19)16-32/h4,9-14,17,19-20H,2-3,5-8,15-16H2,1H3,(H,31,34)/b18-13-. The van der Waals surface area contributed by atoms with E-state index in [0.29, 0.717) is 33.3 Å². The van der Waals surface area contributed by atoms with Gasteiger partial charge in [0.2, 0.25) is 0 Å². The summed E-state index contributed by atoms with van der Waals surface area (Å²) in [6.07, 6.45) is 12.0. The number of halogens is 2. The molecule has 0 radical (unpaired) electrons. The van der Waals surface area contributed by atoms with Crippen LogP contribution in [0.15, 0.2) is 52.8 Å². The van der Waals surface area contributed by atoms with Crippen LogP contribution in [-0.2, 0) is 6.42 Å². The fourth-order valence-corrected chi connectivity index (χ4v) is 5.84. The number of amides is 1. The molecule has 2 unspecified atom stereocenters. The minimum Gasteiger partial charge on any atom is -0.465 e. The average Bonchev–Trinajstić information content (AvgIpc) is 3.58. The molecule has 1 saturated carbocycles. The molecule has 2 aromatic heterocycles. The first-order valence-electron chi connectivity index (χ1n) is 12.3. The van der Waals surface area contributed by atoms with Gasteiger partial charge in [-0.15, -0.1) is 0 Å². The molecule has 1 aliphatic carbocycles. The monoisotopic (exact) mass is 512 g/mol. The van der Waals surface area contributed by atoms with E-state index in [1.165, 1.54) is 24.8 Å². The lowest BCUT2D eigenvalue weighted by molar-refractivity contribution is 0.0807. The Morgan fingerprint density at radius 1 is 1.23 bits per heavy atom. The molecule has 2 fully saturated rings. The summed E-state index contributed by atoms with van der Waals surface area (Å²) >= 11 is 12.5. The molecule has 1 aliphatic heterocycles. The molecule has 3 heterocycles. The van der Waals surface area contributed by atoms with Gasteiger partial charge in [-0.25, -0.2) is 9.69 Å². The third kappa shape index (κ3) is 5.66. The van der Waals surface area contributed by atoms with E-state index < -0.39 is 0 Å². The van der Waals surface area contributed by atoms with E-state index in [4.69, 9.17) is 27.6 Å². The molecule has 1 saturated heterocycles. The third-order valence-corrected chi connectivity index (χ3v) is 7.63. The lowest BCUT2D eigenvalue weighted by Gasteiger charge is -2.17. The predicted octanol–water partition coefficient (Wildman–Crippen LogP) is 6.58. The largest absolute Gasteiger partial charge is 0.465 e. The zero-order valence-corrected chi connectivity index (χ0v) is 21.4. The predicted molar refractivity (Wildman–Crippen MR) is 139 cm³/mol. The van der Waals surface area contributed by atoms with Gasteiger partial charge in [-0.05, 0) is 87.3 Å². The molecular weight excluding hydrogens is 483 g/mol. The number of nitrogens with zero attached hydrogens (tertiary/aromatic N) is 3. The van der Waals surface area contributed by atoms with Crippen LogP contribution in [0.1, 0.15) is 60.8 Å². The van der Waals surface area contributed by atoms with Gasteiger partial charge in [-0.3, -0.25) is 10.2 Å². The van der Waals surface area contributed by atoms with Crippen LogP contribution < -0.4 is 5.43 Å². The Hall–Kier alpha value is -2.54. The number of aryl methyl sites for hydroxylation is 1. The van der Waals surface area contributed by atoms with Crippen molar-refractivity contribution in [2.45, 2.75) is 45.4 Å². The number of benzene rings is 1. The summed E-state index contributed by atoms with van der Waals surface area (Å²) in [5.74, 6) is 2.09. The van der Waals surface area contributed by atoms with Crippen molar-refractivity contribution in [3.8, 4) is 5.69 Å². The second kappa shape index (κ2) is 10.6. The zero-order chi connectivity index (χ0) is 24.4. The number of aromatic nitrogens is 2. The number of furan rings is 1. The van der Waals surface area contributed by atoms with Crippen molar-refractivity contribution in [2.24, 2.45) is 11.8 Å². The van der Waals surface area contributed by atoms with Gasteiger partial charge >= 0.3 is 0 Å². The second-order valence-corrected chi connectivity index (χ2v) is 10.5. The minimum absolute atomic E-state index is 0.161. The van der Waals surface area contributed by atoms with Crippen molar-refractivity contribution in [1.29, 1.82) is 0 Å². The average molecular weight is 513 g/mol. The number of fused-ring (bicyclic) bond motifs is 1. The minimum atomic E-state index is -0.161. The maximum atomic E-state index is 13.3. The van der Waals surface area contributed by atoms with Crippen molar-refractivity contribution in [2.75, 3.05) is 13.1 Å². The van der Waals surface area contributed by atoms with Gasteiger partial charge in [0.25, 0.3) is 5.91 Å². The van der Waals surface area contributed by atoms with E-state index in [0.717, 1.165) is 43.7 Å². The molecule has 5 rings (SSSR count). The van der Waals surface area contributed by atoms with Crippen molar-refractivity contribution >= 4 is 35.2 Å². The Bertz CT molecular complexity index is 1210. The van der Waals surface area contributed by atoms with E-state index in [9.17, 15) is 4.79 Å². The van der Waals surface area contributed by atoms with E-state index in [1.807, 2.05) is 24.4 Å². The highest BCUT2D eigenvalue weighted by Crippen LogP contribution is 2.37. The van der Waals surface area contributed by atoms with Gasteiger partial charge in [0.15, 0.2) is 5.69 Å². The van der Waals surface area contributed by atoms with Gasteiger partial charge in [0.05, 0.1) is 17.0 Å². The molecule has 1 aromatic carbocycles. The van der Waals surface area contributed by atoms with E-state index in [-0.39, 0.29) is 5.91 Å². The fraction of sp³-hybridized carbons (Fsp3) is 0.407. The number of rotatable bonds is 8. The lowest BCUT2D eigenvalue weighted by Crippen LogP contribution is -2.41. The van der Waals surface area contributed by atoms with E-state index in [1.54, 1.807) is 23.1 Å². The maximum Gasteiger partial charge on any atom is 0.286 e. The molecule has 2 atom stereocenters. The van der Waals surface area contributed by atoms with Gasteiger partial charge < -0.3 is 4.42 Å². The quantitative estimate of drug-likeness (QED) is 0.370. The van der Waals surface area contributed by atoms with Gasteiger partial charge in [-0.1, -0.05) is 35.2 Å². The second-order valence-electron chi connectivity index (χ2n) is 9.70. The summed E-state index contributed by atoms with van der Waals surface area (Å²) in [4.78, 5) is 13.3. The Labute approximate surface area is 215 Å². The Morgan fingerprint density at radius 3 is 2.74 bits per heavy atom. The summed E-state index contributed by atoms with van der Waals surface area (Å²) in [6, 6.07) is 9.11. The highest BCUT2D eigenvalue weighted by molar-refractivity contribution is 6.35. The highest BCUT2D eigenvalue weighted by atomic mass is 35.5. The van der Waals surface area contributed by atoms with Crippen LogP contribution in [0.25, 0.3) is 11.8 Å². The summed E-state index contributed by atoms with van der Waals surface area (Å²) in [7, 11) is 0. The number of carbonyl (C=O) groups excluding carboxylic acids is 1. The molecular formula is C27H30Cl2N4O2. The summed E-state index contributed by atoms with van der Waals surface area (Å²) in [5, 5.41) is 7.79. The smallest absolute Gasteiger partial charge is 0.286 e. The van der Waals surface area contributed by atoms with Crippen molar-refractivity contribution in [3.63, 3.8) is 0 Å². The zero-order valence-electron chi connectivity index (χ0n) is 19.8. The van der Waals surface area contributed by atoms with Crippen LogP contribution in [-0.4, -0.2) is 33.8 Å². The lowest BCUT2D eigenvalue weighted by atomic mass is 10.0. The van der Waals surface area contributed by atoms with Gasteiger partial charge in [0.1, 0.15) is 5.76 Å². The number of hydrogen-bond acceptors (Lipinski definition) is 4. The molecule has 8 heteroatoms. The van der Waals surface area contributed by atoms with Crippen molar-refractivity contribution in [3.05, 3.63) is 75.4 Å². The van der Waals surface area contributed by atoms with Crippen LogP contribution in [0.2, 0.25) is 10.0 Å². The maximum absolute atomic E-state index is 13.3. The fourth-order valence-electron chi connectivity index (χ4n) is 5.34. The SMILES string of the molecule is C/C(=C/c1ccco1)CCCc1cn(-c2ccc(Cl)cc2Cl)nc1C(=O)NN1CC2CCCC2C1. The number of nitrogens with one attached hydrogen (secondary N) is 1. The van der Waals surface area contributed by atoms with E-state index >= 15 is 0 Å². The van der Waals surface area contributed by atoms with Crippen LogP contribution in [0.4, 0.5) is 0 Å². The molecule has 2 aliphatic rings. The van der Waals surface area contributed by atoms with Crippen molar-refractivity contribution < 1.29 is 9.21 Å². The highest BCUT2D eigenvalue weighted by Gasteiger charge is 2.37. The summed E-state index contributed by atoms with van der Waals surface area (Å²) < 4.78 is 7.10. The van der Waals surface area contributed by atoms with Crippen molar-refractivity contribution in [1.82, 2.24) is 20.2 Å². The summed E-state index contributed by atoms with van der Waals surface area (Å²) in [5.41, 5.74) is 6.39. The Kier molecular flexibility index (Phi) is 7.32. The molecule has 1 N–H and O–H groups in total. The molecule has 6 nitrogen and oxygen atoms in total. The number of carbonyl (C=O) groups is 1. The van der Waals surface area contributed by atoms with Gasteiger partial charge in [-0.2, -0.15) is 5.10 Å². The number of allylic oxidation sites excluding steroid dienone is 1. The van der Waals surface area contributed by atoms with Crippen LogP contribution in [0.5, 0.6) is 0 Å². The molecule has 0 spiro atoms. The molecule has 3 aromatic rings. The third-order valence-electron chi connectivity index (χ3n) is 7.10. The van der Waals surface area contributed by atoms with Crippen LogP contribution in [0.3, 0.4) is 0 Å². The Morgan fingerprint density at radius 2 is 2.03 bits per heavy atom. The van der Waals surface area contributed by atoms with Crippen LogP contribution >= 0.6 is 23.2 Å². The number of hydrazine groups is 1. The van der Waals surface area contributed by atoms with Gasteiger partial charge in [0, 0.05) is 29.9 Å². The molecule has 1 amide bonds. The normalized spacial score (nSPS) is 20.4. The molecule has 184 valence electrons. The number of hydrogen-bond donors (Lipinski definition) is 1. The first-order valence-corrected chi connectivity index (χ1v) is 13.0. The van der Waals surface area contributed by atoms with E-state index in [2.05, 4.69) is 28.5 Å². The topological polar surface area (TPSA) is 63.3 Å². The molecule has 35 heavy (non-hydrogen) atoms.